The lowest BCUT2D eigenvalue weighted by Crippen LogP contribution is -2.34. The summed E-state index contributed by atoms with van der Waals surface area (Å²) in [4.78, 5) is 4.23. The number of aromatic nitrogens is 1. The van der Waals surface area contributed by atoms with Crippen LogP contribution in [-0.2, 0) is 9.47 Å². The van der Waals surface area contributed by atoms with Crippen LogP contribution in [-0.4, -0.2) is 37.6 Å². The Balaban J connectivity index is 2.91. The van der Waals surface area contributed by atoms with Crippen LogP contribution < -0.4 is 10.1 Å². The van der Waals surface area contributed by atoms with E-state index in [4.69, 9.17) is 14.2 Å². The topological polar surface area (TPSA) is 52.6 Å². The van der Waals surface area contributed by atoms with Crippen molar-refractivity contribution in [1.82, 2.24) is 10.3 Å². The number of ether oxygens (including phenoxy) is 3. The third kappa shape index (κ3) is 5.07. The van der Waals surface area contributed by atoms with E-state index in [-0.39, 0.29) is 18.4 Å². The van der Waals surface area contributed by atoms with E-state index in [1.807, 2.05) is 40.8 Å². The highest BCUT2D eigenvalue weighted by atomic mass is 16.7. The second-order valence-corrected chi connectivity index (χ2v) is 4.67. The van der Waals surface area contributed by atoms with Crippen LogP contribution >= 0.6 is 0 Å². The second kappa shape index (κ2) is 8.89. The summed E-state index contributed by atoms with van der Waals surface area (Å²) in [6.07, 6.45) is 3.30. The summed E-state index contributed by atoms with van der Waals surface area (Å²) in [6.45, 7) is 9.08. The molecule has 0 aliphatic carbocycles. The van der Waals surface area contributed by atoms with Gasteiger partial charge in [0.15, 0.2) is 6.29 Å². The largest absolute Gasteiger partial charge is 0.489 e. The van der Waals surface area contributed by atoms with Gasteiger partial charge in [-0.2, -0.15) is 0 Å². The van der Waals surface area contributed by atoms with Crippen LogP contribution in [0.5, 0.6) is 5.75 Å². The lowest BCUT2D eigenvalue weighted by molar-refractivity contribution is -0.154. The zero-order valence-electron chi connectivity index (χ0n) is 13.1. The SMILES string of the molecule is CCOC(OCC)C(NC)c1cncc(OC(C)C)c1. The van der Waals surface area contributed by atoms with Crippen molar-refractivity contribution in [3.8, 4) is 5.75 Å². The predicted octanol–water partition coefficient (Wildman–Crippen LogP) is 2.53. The molecule has 1 aromatic rings. The summed E-state index contributed by atoms with van der Waals surface area (Å²) in [5.41, 5.74) is 0.984. The Morgan fingerprint density at radius 3 is 2.30 bits per heavy atom. The first kappa shape index (κ1) is 16.9. The van der Waals surface area contributed by atoms with Crippen molar-refractivity contribution in [2.45, 2.75) is 46.1 Å². The lowest BCUT2D eigenvalue weighted by Gasteiger charge is -2.26. The van der Waals surface area contributed by atoms with Gasteiger partial charge in [0, 0.05) is 19.4 Å². The molecule has 0 radical (unpaired) electrons. The first-order chi connectivity index (χ1) is 9.62. The van der Waals surface area contributed by atoms with Crippen LogP contribution in [0.3, 0.4) is 0 Å². The molecular weight excluding hydrogens is 256 g/mol. The van der Waals surface area contributed by atoms with Crippen LogP contribution in [0.15, 0.2) is 18.5 Å². The van der Waals surface area contributed by atoms with E-state index in [0.717, 1.165) is 11.3 Å². The fourth-order valence-electron chi connectivity index (χ4n) is 1.97. The molecule has 5 heteroatoms. The monoisotopic (exact) mass is 282 g/mol. The normalized spacial score (nSPS) is 12.9. The molecule has 0 aliphatic heterocycles. The van der Waals surface area contributed by atoms with E-state index in [9.17, 15) is 0 Å². The van der Waals surface area contributed by atoms with E-state index in [2.05, 4.69) is 10.3 Å². The van der Waals surface area contributed by atoms with Crippen LogP contribution in [0.25, 0.3) is 0 Å². The molecule has 0 aliphatic rings. The molecule has 1 rings (SSSR count). The maximum Gasteiger partial charge on any atom is 0.176 e. The number of hydrogen-bond donors (Lipinski definition) is 1. The molecule has 1 atom stereocenters. The van der Waals surface area contributed by atoms with Crippen molar-refractivity contribution in [3.63, 3.8) is 0 Å². The van der Waals surface area contributed by atoms with Crippen molar-refractivity contribution in [2.75, 3.05) is 20.3 Å². The summed E-state index contributed by atoms with van der Waals surface area (Å²) in [7, 11) is 1.88. The van der Waals surface area contributed by atoms with Gasteiger partial charge in [-0.1, -0.05) is 0 Å². The van der Waals surface area contributed by atoms with E-state index in [1.54, 1.807) is 12.4 Å². The quantitative estimate of drug-likeness (QED) is 0.705. The van der Waals surface area contributed by atoms with E-state index < -0.39 is 0 Å². The van der Waals surface area contributed by atoms with Gasteiger partial charge in [-0.15, -0.1) is 0 Å². The Morgan fingerprint density at radius 2 is 1.80 bits per heavy atom. The molecule has 1 unspecified atom stereocenters. The molecule has 5 nitrogen and oxygen atoms in total. The summed E-state index contributed by atoms with van der Waals surface area (Å²) < 4.78 is 17.0. The predicted molar refractivity (Wildman–Crippen MR) is 78.8 cm³/mol. The van der Waals surface area contributed by atoms with Crippen LogP contribution in [0.2, 0.25) is 0 Å². The third-order valence-electron chi connectivity index (χ3n) is 2.71. The minimum absolute atomic E-state index is 0.0851. The highest BCUT2D eigenvalue weighted by Gasteiger charge is 2.23. The van der Waals surface area contributed by atoms with Crippen LogP contribution in [0.1, 0.15) is 39.3 Å². The molecule has 0 aromatic carbocycles. The van der Waals surface area contributed by atoms with Crippen molar-refractivity contribution in [2.24, 2.45) is 0 Å². The van der Waals surface area contributed by atoms with Crippen LogP contribution in [0.4, 0.5) is 0 Å². The maximum atomic E-state index is 5.68. The fraction of sp³-hybridized carbons (Fsp3) is 0.667. The summed E-state index contributed by atoms with van der Waals surface area (Å²) in [5, 5.41) is 3.22. The van der Waals surface area contributed by atoms with Crippen LogP contribution in [0, 0.1) is 0 Å². The molecular formula is C15H26N2O3. The van der Waals surface area contributed by atoms with Gasteiger partial charge in [-0.05, 0) is 46.4 Å². The number of nitrogens with zero attached hydrogens (tertiary/aromatic N) is 1. The molecule has 1 aromatic heterocycles. The molecule has 0 bridgehead atoms. The third-order valence-corrected chi connectivity index (χ3v) is 2.71. The Morgan fingerprint density at radius 1 is 1.15 bits per heavy atom. The summed E-state index contributed by atoms with van der Waals surface area (Å²) >= 11 is 0. The van der Waals surface area contributed by atoms with Gasteiger partial charge in [-0.25, -0.2) is 0 Å². The molecule has 114 valence electrons. The number of nitrogens with one attached hydrogen (secondary N) is 1. The van der Waals surface area contributed by atoms with Crippen molar-refractivity contribution in [3.05, 3.63) is 24.0 Å². The van der Waals surface area contributed by atoms with Crippen molar-refractivity contribution < 1.29 is 14.2 Å². The highest BCUT2D eigenvalue weighted by Crippen LogP contribution is 2.23. The first-order valence-corrected chi connectivity index (χ1v) is 7.14. The number of hydrogen-bond acceptors (Lipinski definition) is 5. The molecule has 1 heterocycles. The minimum Gasteiger partial charge on any atom is -0.489 e. The molecule has 0 spiro atoms. The Bertz CT molecular complexity index is 379. The van der Waals surface area contributed by atoms with E-state index in [0.29, 0.717) is 13.2 Å². The zero-order valence-corrected chi connectivity index (χ0v) is 13.1. The molecule has 0 fully saturated rings. The summed E-state index contributed by atoms with van der Waals surface area (Å²) in [5.74, 6) is 0.754. The maximum absolute atomic E-state index is 5.68. The molecule has 0 amide bonds. The zero-order chi connectivity index (χ0) is 15.0. The minimum atomic E-state index is -0.342. The van der Waals surface area contributed by atoms with Crippen molar-refractivity contribution in [1.29, 1.82) is 0 Å². The average molecular weight is 282 g/mol. The molecule has 0 saturated carbocycles. The van der Waals surface area contributed by atoms with E-state index in [1.165, 1.54) is 0 Å². The average Bonchev–Trinajstić information content (AvgIpc) is 2.40. The second-order valence-electron chi connectivity index (χ2n) is 4.67. The molecule has 1 N–H and O–H groups in total. The summed E-state index contributed by atoms with van der Waals surface area (Å²) in [6, 6.07) is 1.89. The number of likely N-dealkylation sites (N-methyl/N-ethyl adjacent to an activating group) is 1. The molecule has 0 saturated heterocycles. The number of rotatable bonds is 9. The number of pyridine rings is 1. The Hall–Kier alpha value is -1.17. The smallest absolute Gasteiger partial charge is 0.176 e. The fourth-order valence-corrected chi connectivity index (χ4v) is 1.97. The Kier molecular flexibility index (Phi) is 7.51. The highest BCUT2D eigenvalue weighted by molar-refractivity contribution is 5.26. The Labute approximate surface area is 121 Å². The standard InChI is InChI=1S/C15H26N2O3/c1-6-18-15(19-7-2)14(16-5)12-8-13(10-17-9-12)20-11(3)4/h8-11,14-16H,6-7H2,1-5H3. The van der Waals surface area contributed by atoms with Gasteiger partial charge in [0.05, 0.1) is 18.3 Å². The first-order valence-electron chi connectivity index (χ1n) is 7.14. The van der Waals surface area contributed by atoms with Gasteiger partial charge in [-0.3, -0.25) is 4.98 Å². The van der Waals surface area contributed by atoms with E-state index >= 15 is 0 Å². The molecule has 20 heavy (non-hydrogen) atoms. The van der Waals surface area contributed by atoms with Crippen molar-refractivity contribution >= 4 is 0 Å². The van der Waals surface area contributed by atoms with Gasteiger partial charge in [0.1, 0.15) is 5.75 Å². The lowest BCUT2D eigenvalue weighted by atomic mass is 10.1. The van der Waals surface area contributed by atoms with Gasteiger partial charge in [0.2, 0.25) is 0 Å². The van der Waals surface area contributed by atoms with Gasteiger partial charge in [0.25, 0.3) is 0 Å². The van der Waals surface area contributed by atoms with Gasteiger partial charge < -0.3 is 19.5 Å². The van der Waals surface area contributed by atoms with Gasteiger partial charge >= 0.3 is 0 Å².